The first-order valence-electron chi connectivity index (χ1n) is 13.9. The van der Waals surface area contributed by atoms with Gasteiger partial charge in [0.2, 0.25) is 6.79 Å². The first-order valence-corrected chi connectivity index (χ1v) is 17.6. The molecule has 2 aromatic rings. The second-order valence-corrected chi connectivity index (χ2v) is 14.6. The fourth-order valence-electron chi connectivity index (χ4n) is 5.07. The lowest BCUT2D eigenvalue weighted by Crippen LogP contribution is -2.37. The molecule has 0 radical (unpaired) electrons. The number of fused-ring (bicyclic) bond motifs is 2. The van der Waals surface area contributed by atoms with Crippen molar-refractivity contribution in [1.82, 2.24) is 14.0 Å². The van der Waals surface area contributed by atoms with Crippen LogP contribution in [0.1, 0.15) is 19.8 Å². The predicted octanol–water partition coefficient (Wildman–Crippen LogP) is 0.902. The zero-order chi connectivity index (χ0) is 34.2. The Balaban J connectivity index is 1.58. The molecule has 1 fully saturated rings. The van der Waals surface area contributed by atoms with Gasteiger partial charge in [0.05, 0.1) is 16.5 Å². The van der Waals surface area contributed by atoms with Gasteiger partial charge < -0.3 is 29.2 Å². The van der Waals surface area contributed by atoms with Crippen molar-refractivity contribution in [3.05, 3.63) is 56.1 Å². The summed E-state index contributed by atoms with van der Waals surface area (Å²) in [7, 11) is -2.67. The van der Waals surface area contributed by atoms with Crippen LogP contribution in [0, 0.1) is 0 Å². The number of aromatic nitrogens is 2. The highest BCUT2D eigenvalue weighted by Crippen LogP contribution is 2.51. The van der Waals surface area contributed by atoms with Crippen LogP contribution in [0.2, 0.25) is 0 Å². The molecular weight excluding hydrogens is 697 g/mol. The third-order valence-electron chi connectivity index (χ3n) is 7.22. The van der Waals surface area contributed by atoms with Crippen LogP contribution in [0.25, 0.3) is 11.0 Å². The summed E-state index contributed by atoms with van der Waals surface area (Å²) in [5.41, 5.74) is 0.730. The topological polar surface area (TPSA) is 198 Å². The van der Waals surface area contributed by atoms with E-state index in [1.807, 2.05) is 17.9 Å². The molecule has 0 unspecified atom stereocenters. The number of amides is 1. The zero-order valence-corrected chi connectivity index (χ0v) is 28.1. The summed E-state index contributed by atoms with van der Waals surface area (Å²) in [5.74, 6) is -2.67. The van der Waals surface area contributed by atoms with Gasteiger partial charge in [-0.3, -0.25) is 33.2 Å². The van der Waals surface area contributed by atoms with Crippen LogP contribution in [-0.2, 0) is 38.1 Å². The third-order valence-corrected chi connectivity index (χ3v) is 10.6. The molecule has 3 aliphatic rings. The minimum atomic E-state index is -4.17. The van der Waals surface area contributed by atoms with Crippen molar-refractivity contribution in [3.8, 4) is 11.5 Å². The van der Waals surface area contributed by atoms with E-state index < -0.39 is 52.4 Å². The van der Waals surface area contributed by atoms with Crippen molar-refractivity contribution in [2.45, 2.75) is 31.2 Å². The number of aliphatic carboxylic acids is 2. The average molecular weight is 725 g/mol. The summed E-state index contributed by atoms with van der Waals surface area (Å²) >= 11 is 7.39. The van der Waals surface area contributed by atoms with E-state index in [9.17, 15) is 42.4 Å². The second kappa shape index (κ2) is 13.6. The number of imidazole rings is 1. The van der Waals surface area contributed by atoms with Gasteiger partial charge in [-0.15, -0.1) is 0 Å². The predicted molar refractivity (Wildman–Crippen MR) is 177 cm³/mol. The van der Waals surface area contributed by atoms with E-state index in [4.69, 9.17) is 21.7 Å². The highest BCUT2D eigenvalue weighted by molar-refractivity contribution is 8.30. The van der Waals surface area contributed by atoms with E-state index in [1.54, 1.807) is 24.3 Å². The molecule has 47 heavy (non-hydrogen) atoms. The largest absolute Gasteiger partial charge is 0.480 e. The monoisotopic (exact) mass is 724 g/mol. The standard InChI is InChI=1S/C28H28N4O11S4/c1-3-15(5-6-21-30(7-4-8-47(39,40)41)16-10-18-19(43-14-42-18)11-20(16)45-21)9-17-26(37)31(12-22(33)34)25(29(17)2)24-27(38)32(13-23(35)36)28(44)46-24/h5-6,9-11H,3-4,7-8,12-14H2,1-2H3,(H,33,34)(H,35,36)(H,39,40,41)/b15-5?,17-9?,21-6?,25-24-. The van der Waals surface area contributed by atoms with E-state index in [1.165, 1.54) is 23.4 Å². The Labute approximate surface area is 281 Å². The first-order chi connectivity index (χ1) is 22.2. The maximum Gasteiger partial charge on any atom is 0.323 e. The number of anilines is 1. The van der Waals surface area contributed by atoms with Crippen LogP contribution >= 0.6 is 35.7 Å². The van der Waals surface area contributed by atoms with Gasteiger partial charge in [-0.2, -0.15) is 8.42 Å². The highest BCUT2D eigenvalue weighted by Gasteiger charge is 2.36. The fourth-order valence-corrected chi connectivity index (χ4v) is 8.03. The van der Waals surface area contributed by atoms with Crippen molar-refractivity contribution in [2.24, 2.45) is 7.05 Å². The number of ether oxygens (including phenoxy) is 2. The summed E-state index contributed by atoms with van der Waals surface area (Å²) in [6.45, 7) is 0.763. The van der Waals surface area contributed by atoms with Gasteiger partial charge in [-0.25, -0.2) is 0 Å². The van der Waals surface area contributed by atoms with Crippen molar-refractivity contribution in [3.63, 3.8) is 0 Å². The molecule has 5 rings (SSSR count). The molecule has 15 nitrogen and oxygen atoms in total. The van der Waals surface area contributed by atoms with E-state index in [-0.39, 0.29) is 39.8 Å². The number of thioether (sulfide) groups is 2. The van der Waals surface area contributed by atoms with Gasteiger partial charge in [0.1, 0.15) is 33.1 Å². The number of carboxylic acids is 2. The Bertz CT molecular complexity index is 2060. The van der Waals surface area contributed by atoms with Crippen LogP contribution in [0.5, 0.6) is 11.5 Å². The van der Waals surface area contributed by atoms with Gasteiger partial charge in [0.15, 0.2) is 11.5 Å². The van der Waals surface area contributed by atoms with E-state index >= 15 is 0 Å². The molecule has 0 bridgehead atoms. The third kappa shape index (κ3) is 7.28. The number of nitrogens with zero attached hydrogens (tertiary/aromatic N) is 4. The molecule has 250 valence electrons. The molecule has 3 aliphatic heterocycles. The van der Waals surface area contributed by atoms with Gasteiger partial charge >= 0.3 is 11.9 Å². The quantitative estimate of drug-likeness (QED) is 0.218. The lowest BCUT2D eigenvalue weighted by molar-refractivity contribution is -0.140. The zero-order valence-electron chi connectivity index (χ0n) is 24.9. The molecule has 1 aromatic carbocycles. The van der Waals surface area contributed by atoms with E-state index in [0.29, 0.717) is 23.5 Å². The van der Waals surface area contributed by atoms with Crippen LogP contribution in [-0.4, -0.2) is 85.0 Å². The number of thiocarbonyl (C=S) groups is 1. The number of rotatable bonds is 11. The molecular formula is C28H28N4O11S4. The summed E-state index contributed by atoms with van der Waals surface area (Å²) in [5, 5.41) is 19.6. The molecule has 1 saturated heterocycles. The number of allylic oxidation sites excluding steroid dienone is 3. The van der Waals surface area contributed by atoms with Crippen LogP contribution in [0.3, 0.4) is 0 Å². The molecule has 0 saturated carbocycles. The summed E-state index contributed by atoms with van der Waals surface area (Å²) < 4.78 is 45.3. The molecule has 1 amide bonds. The summed E-state index contributed by atoms with van der Waals surface area (Å²) in [6, 6.07) is 3.63. The molecule has 4 heterocycles. The summed E-state index contributed by atoms with van der Waals surface area (Å²) in [4.78, 5) is 53.3. The molecule has 19 heteroatoms. The maximum absolute atomic E-state index is 13.6. The van der Waals surface area contributed by atoms with Crippen LogP contribution in [0.4, 0.5) is 5.69 Å². The van der Waals surface area contributed by atoms with E-state index in [0.717, 1.165) is 36.8 Å². The van der Waals surface area contributed by atoms with Gasteiger partial charge in [0.25, 0.3) is 21.6 Å². The number of hydrogen-bond donors (Lipinski definition) is 3. The fraction of sp³-hybridized carbons (Fsp3) is 0.321. The molecule has 0 spiro atoms. The average Bonchev–Trinajstić information content (AvgIpc) is 3.70. The van der Waals surface area contributed by atoms with Gasteiger partial charge in [-0.1, -0.05) is 48.7 Å². The molecule has 0 aliphatic carbocycles. The SMILES string of the molecule is CCC(=CC=C1Sc2cc3c(cc2N1CCCS(=O)(=O)O)OCO3)C=c1c(=O)n(CC(=O)O)/c(=C2\SC(=S)N(CC(=O)O)C2=O)n1C. The minimum Gasteiger partial charge on any atom is -0.480 e. The maximum atomic E-state index is 13.6. The van der Waals surface area contributed by atoms with Gasteiger partial charge in [0, 0.05) is 30.6 Å². The first kappa shape index (κ1) is 34.3. The van der Waals surface area contributed by atoms with Crippen molar-refractivity contribution in [2.75, 3.05) is 30.5 Å². The molecule has 0 atom stereocenters. The normalized spacial score (nSPS) is 18.6. The number of carboxylic acid groups (broad SMARTS) is 2. The van der Waals surface area contributed by atoms with Crippen molar-refractivity contribution < 1.29 is 47.0 Å². The van der Waals surface area contributed by atoms with Crippen molar-refractivity contribution >= 4 is 84.7 Å². The van der Waals surface area contributed by atoms with Crippen LogP contribution < -0.4 is 30.8 Å². The molecule has 3 N–H and O–H groups in total. The minimum absolute atomic E-state index is 0.0213. The smallest absolute Gasteiger partial charge is 0.323 e. The lowest BCUT2D eigenvalue weighted by Gasteiger charge is -2.20. The number of carbonyl (C=O) groups is 3. The van der Waals surface area contributed by atoms with Crippen LogP contribution in [0.15, 0.2) is 44.6 Å². The Kier molecular flexibility index (Phi) is 9.92. The van der Waals surface area contributed by atoms with Gasteiger partial charge in [-0.05, 0) is 30.6 Å². The summed E-state index contributed by atoms with van der Waals surface area (Å²) in [6.07, 6.45) is 5.72. The number of carbonyl (C=O) groups excluding carboxylic acids is 1. The Hall–Kier alpha value is -4.04. The van der Waals surface area contributed by atoms with E-state index in [2.05, 4.69) is 0 Å². The Morgan fingerprint density at radius 2 is 1.74 bits per heavy atom. The molecule has 1 aromatic heterocycles. The Morgan fingerprint density at radius 1 is 1.06 bits per heavy atom. The second-order valence-electron chi connectivity index (χ2n) is 10.3. The van der Waals surface area contributed by atoms with Crippen molar-refractivity contribution in [1.29, 1.82) is 0 Å². The lowest BCUT2D eigenvalue weighted by atomic mass is 10.1. The Morgan fingerprint density at radius 3 is 2.38 bits per heavy atom. The highest BCUT2D eigenvalue weighted by atomic mass is 32.2. The number of benzene rings is 1. The number of hydrogen-bond acceptors (Lipinski definition) is 12.